The van der Waals surface area contributed by atoms with Gasteiger partial charge in [-0.25, -0.2) is 0 Å². The van der Waals surface area contributed by atoms with E-state index in [1.165, 1.54) is 5.57 Å². The molecule has 3 N–H and O–H groups in total. The molecule has 0 aliphatic heterocycles. The van der Waals surface area contributed by atoms with E-state index in [4.69, 9.17) is 5.11 Å². The first-order valence-corrected chi connectivity index (χ1v) is 4.15. The number of hydrogen-bond acceptors (Lipinski definition) is 3. The Kier molecular flexibility index (Phi) is 5.13. The van der Waals surface area contributed by atoms with Gasteiger partial charge in [-0.2, -0.15) is 0 Å². The van der Waals surface area contributed by atoms with E-state index >= 15 is 0 Å². The fourth-order valence-electron chi connectivity index (χ4n) is 0.674. The number of hydrogen-bond donors (Lipinski definition) is 3. The molecule has 0 saturated heterocycles. The minimum absolute atomic E-state index is 0.213. The van der Waals surface area contributed by atoms with Crippen molar-refractivity contribution in [1.82, 2.24) is 5.32 Å². The van der Waals surface area contributed by atoms with E-state index in [0.29, 0.717) is 6.54 Å². The average molecular weight is 173 g/mol. The van der Waals surface area contributed by atoms with Crippen LogP contribution >= 0.6 is 0 Å². The van der Waals surface area contributed by atoms with Gasteiger partial charge in [-0.05, 0) is 20.8 Å². The van der Waals surface area contributed by atoms with Crippen LogP contribution in [0.2, 0.25) is 0 Å². The fraction of sp³-hybridized carbons (Fsp3) is 0.778. The molecule has 0 radical (unpaired) electrons. The Hall–Kier alpha value is -0.380. The Morgan fingerprint density at radius 1 is 1.50 bits per heavy atom. The van der Waals surface area contributed by atoms with Crippen molar-refractivity contribution in [2.24, 2.45) is 0 Å². The van der Waals surface area contributed by atoms with Crippen LogP contribution in [0.15, 0.2) is 11.6 Å². The van der Waals surface area contributed by atoms with Gasteiger partial charge >= 0.3 is 0 Å². The lowest BCUT2D eigenvalue weighted by molar-refractivity contribution is 0.00349. The van der Waals surface area contributed by atoms with Gasteiger partial charge in [0.05, 0.1) is 12.2 Å². The predicted molar refractivity (Wildman–Crippen MR) is 50.0 cm³/mol. The maximum Gasteiger partial charge on any atom is 0.0972 e. The summed E-state index contributed by atoms with van der Waals surface area (Å²) in [5, 5.41) is 21.1. The van der Waals surface area contributed by atoms with Gasteiger partial charge in [0, 0.05) is 13.1 Å². The molecule has 3 nitrogen and oxygen atoms in total. The highest BCUT2D eigenvalue weighted by Crippen LogP contribution is 1.98. The molecule has 0 bridgehead atoms. The molecule has 3 heteroatoms. The molecule has 12 heavy (non-hydrogen) atoms. The number of nitrogens with one attached hydrogen (secondary N) is 1. The highest BCUT2D eigenvalue weighted by Gasteiger charge is 2.17. The third-order valence-corrected chi connectivity index (χ3v) is 1.50. The normalized spacial score (nSPS) is 15.4. The summed E-state index contributed by atoms with van der Waals surface area (Å²) >= 11 is 0. The van der Waals surface area contributed by atoms with E-state index in [2.05, 4.69) is 5.32 Å². The second kappa shape index (κ2) is 5.30. The Balaban J connectivity index is 3.50. The molecule has 0 spiro atoms. The van der Waals surface area contributed by atoms with E-state index in [0.717, 1.165) is 6.54 Å². The third-order valence-electron chi connectivity index (χ3n) is 1.50. The van der Waals surface area contributed by atoms with Crippen LogP contribution in [0, 0.1) is 0 Å². The Bertz CT molecular complexity index is 149. The molecule has 0 rings (SSSR count). The standard InChI is InChI=1S/C9H19NO2/c1-8(2)4-5-10-6-9(3,12)7-11/h4,10-12H,5-7H2,1-3H3. The van der Waals surface area contributed by atoms with Crippen molar-refractivity contribution in [2.75, 3.05) is 19.7 Å². The quantitative estimate of drug-likeness (QED) is 0.413. The van der Waals surface area contributed by atoms with E-state index in [9.17, 15) is 5.11 Å². The van der Waals surface area contributed by atoms with Crippen molar-refractivity contribution >= 4 is 0 Å². The molecular weight excluding hydrogens is 154 g/mol. The first-order chi connectivity index (χ1) is 5.48. The smallest absolute Gasteiger partial charge is 0.0972 e. The molecule has 0 aromatic carbocycles. The SMILES string of the molecule is CC(C)=CCNCC(C)(O)CO. The van der Waals surface area contributed by atoms with Crippen LogP contribution in [0.4, 0.5) is 0 Å². The van der Waals surface area contributed by atoms with Gasteiger partial charge in [0.15, 0.2) is 0 Å². The van der Waals surface area contributed by atoms with Crippen LogP contribution in [-0.2, 0) is 0 Å². The summed E-state index contributed by atoms with van der Waals surface area (Å²) in [5.41, 5.74) is 0.237. The molecular formula is C9H19NO2. The molecule has 0 aliphatic rings. The molecule has 0 heterocycles. The topological polar surface area (TPSA) is 52.5 Å². The van der Waals surface area contributed by atoms with Gasteiger partial charge in [0.25, 0.3) is 0 Å². The Morgan fingerprint density at radius 3 is 2.50 bits per heavy atom. The van der Waals surface area contributed by atoms with Gasteiger partial charge in [-0.1, -0.05) is 11.6 Å². The van der Waals surface area contributed by atoms with Crippen LogP contribution in [0.5, 0.6) is 0 Å². The van der Waals surface area contributed by atoms with E-state index < -0.39 is 5.60 Å². The summed E-state index contributed by atoms with van der Waals surface area (Å²) in [6.07, 6.45) is 2.04. The number of allylic oxidation sites excluding steroid dienone is 1. The van der Waals surface area contributed by atoms with E-state index in [-0.39, 0.29) is 6.61 Å². The highest BCUT2D eigenvalue weighted by molar-refractivity contribution is 4.94. The van der Waals surface area contributed by atoms with E-state index in [1.54, 1.807) is 6.92 Å². The van der Waals surface area contributed by atoms with Crippen LogP contribution < -0.4 is 5.32 Å². The third kappa shape index (κ3) is 6.34. The van der Waals surface area contributed by atoms with Crippen molar-refractivity contribution in [1.29, 1.82) is 0 Å². The lowest BCUT2D eigenvalue weighted by Crippen LogP contribution is -2.41. The van der Waals surface area contributed by atoms with Crippen molar-refractivity contribution in [3.8, 4) is 0 Å². The first-order valence-electron chi connectivity index (χ1n) is 4.15. The van der Waals surface area contributed by atoms with Crippen LogP contribution in [0.1, 0.15) is 20.8 Å². The monoisotopic (exact) mass is 173 g/mol. The maximum absolute atomic E-state index is 9.36. The number of aliphatic hydroxyl groups excluding tert-OH is 1. The highest BCUT2D eigenvalue weighted by atomic mass is 16.3. The Morgan fingerprint density at radius 2 is 2.08 bits per heavy atom. The molecule has 0 aromatic heterocycles. The first kappa shape index (κ1) is 11.6. The zero-order valence-electron chi connectivity index (χ0n) is 8.09. The summed E-state index contributed by atoms with van der Waals surface area (Å²) in [7, 11) is 0. The molecule has 0 aromatic rings. The molecule has 0 amide bonds. The molecule has 0 saturated carbocycles. The van der Waals surface area contributed by atoms with Gasteiger partial charge in [0.1, 0.15) is 0 Å². The van der Waals surface area contributed by atoms with Crippen molar-refractivity contribution < 1.29 is 10.2 Å². The zero-order valence-corrected chi connectivity index (χ0v) is 8.09. The van der Waals surface area contributed by atoms with Gasteiger partial charge in [0.2, 0.25) is 0 Å². The van der Waals surface area contributed by atoms with Crippen LogP contribution in [-0.4, -0.2) is 35.5 Å². The fourth-order valence-corrected chi connectivity index (χ4v) is 0.674. The summed E-state index contributed by atoms with van der Waals surface area (Å²) in [6, 6.07) is 0. The summed E-state index contributed by atoms with van der Waals surface area (Å²) in [4.78, 5) is 0. The lowest BCUT2D eigenvalue weighted by atomic mass is 10.1. The van der Waals surface area contributed by atoms with Crippen molar-refractivity contribution in [3.63, 3.8) is 0 Å². The summed E-state index contributed by atoms with van der Waals surface area (Å²) in [6.45, 7) is 6.57. The van der Waals surface area contributed by atoms with Crippen molar-refractivity contribution in [3.05, 3.63) is 11.6 Å². The second-order valence-corrected chi connectivity index (χ2v) is 3.57. The summed E-state index contributed by atoms with van der Waals surface area (Å²) < 4.78 is 0. The molecule has 72 valence electrons. The van der Waals surface area contributed by atoms with Gasteiger partial charge < -0.3 is 15.5 Å². The molecule has 1 atom stereocenters. The molecule has 0 aliphatic carbocycles. The predicted octanol–water partition coefficient (Wildman–Crippen LogP) is 0.285. The van der Waals surface area contributed by atoms with Crippen LogP contribution in [0.25, 0.3) is 0 Å². The Labute approximate surface area is 74.1 Å². The largest absolute Gasteiger partial charge is 0.393 e. The van der Waals surface area contributed by atoms with Gasteiger partial charge in [-0.15, -0.1) is 0 Å². The minimum atomic E-state index is -1.00. The minimum Gasteiger partial charge on any atom is -0.393 e. The zero-order chi connectivity index (χ0) is 9.61. The molecule has 1 unspecified atom stereocenters. The van der Waals surface area contributed by atoms with E-state index in [1.807, 2.05) is 19.9 Å². The van der Waals surface area contributed by atoms with Crippen molar-refractivity contribution in [2.45, 2.75) is 26.4 Å². The van der Waals surface area contributed by atoms with Crippen LogP contribution in [0.3, 0.4) is 0 Å². The maximum atomic E-state index is 9.36. The number of rotatable bonds is 5. The summed E-state index contributed by atoms with van der Waals surface area (Å²) in [5.74, 6) is 0. The number of aliphatic hydroxyl groups is 2. The average Bonchev–Trinajstić information content (AvgIpc) is 1.98. The van der Waals surface area contributed by atoms with Gasteiger partial charge in [-0.3, -0.25) is 0 Å². The molecule has 0 fully saturated rings. The lowest BCUT2D eigenvalue weighted by Gasteiger charge is -2.20. The second-order valence-electron chi connectivity index (χ2n) is 3.57.